The maximum Gasteiger partial charge on any atom is 0.123 e. The molecule has 1 nitrogen and oxygen atoms in total. The van der Waals surface area contributed by atoms with Crippen LogP contribution in [0.3, 0.4) is 0 Å². The second-order valence-corrected chi connectivity index (χ2v) is 4.56. The van der Waals surface area contributed by atoms with E-state index in [2.05, 4.69) is 15.9 Å². The van der Waals surface area contributed by atoms with Gasteiger partial charge in [0.1, 0.15) is 5.82 Å². The van der Waals surface area contributed by atoms with Gasteiger partial charge in [-0.2, -0.15) is 0 Å². The van der Waals surface area contributed by atoms with Gasteiger partial charge < -0.3 is 4.74 Å². The summed E-state index contributed by atoms with van der Waals surface area (Å²) < 4.78 is 18.0. The number of alkyl halides is 1. The average Bonchev–Trinajstić information content (AvgIpc) is 2.71. The number of halogens is 2. The predicted octanol–water partition coefficient (Wildman–Crippen LogP) is 3.30. The summed E-state index contributed by atoms with van der Waals surface area (Å²) in [7, 11) is 0. The molecule has 1 aromatic carbocycles. The Balaban J connectivity index is 2.09. The molecule has 1 heterocycles. The molecule has 1 fully saturated rings. The van der Waals surface area contributed by atoms with Crippen molar-refractivity contribution in [2.75, 3.05) is 13.2 Å². The van der Waals surface area contributed by atoms with E-state index in [1.165, 1.54) is 12.1 Å². The van der Waals surface area contributed by atoms with Crippen LogP contribution >= 0.6 is 15.9 Å². The SMILES string of the molecule is Fc1ccc(C(Br)C2CCOC2)cc1. The highest BCUT2D eigenvalue weighted by Gasteiger charge is 2.24. The molecule has 2 rings (SSSR count). The minimum absolute atomic E-state index is 0.184. The molecule has 1 saturated heterocycles. The van der Waals surface area contributed by atoms with Crippen molar-refractivity contribution in [2.45, 2.75) is 11.2 Å². The van der Waals surface area contributed by atoms with Crippen LogP contribution in [-0.2, 0) is 4.74 Å². The van der Waals surface area contributed by atoms with Gasteiger partial charge in [0, 0.05) is 17.4 Å². The minimum Gasteiger partial charge on any atom is -0.381 e. The Morgan fingerprint density at radius 2 is 2.07 bits per heavy atom. The van der Waals surface area contributed by atoms with E-state index in [0.29, 0.717) is 5.92 Å². The minimum atomic E-state index is -0.184. The van der Waals surface area contributed by atoms with Gasteiger partial charge in [0.05, 0.1) is 6.61 Å². The highest BCUT2D eigenvalue weighted by molar-refractivity contribution is 9.09. The van der Waals surface area contributed by atoms with Gasteiger partial charge in [-0.3, -0.25) is 0 Å². The third-order valence-corrected chi connectivity index (χ3v) is 3.84. The largest absolute Gasteiger partial charge is 0.381 e. The average molecular weight is 259 g/mol. The summed E-state index contributed by atoms with van der Waals surface area (Å²) in [6, 6.07) is 6.65. The van der Waals surface area contributed by atoms with Gasteiger partial charge in [0.25, 0.3) is 0 Å². The number of hydrogen-bond donors (Lipinski definition) is 0. The molecule has 0 aliphatic carbocycles. The molecule has 14 heavy (non-hydrogen) atoms. The summed E-state index contributed by atoms with van der Waals surface area (Å²) in [6.07, 6.45) is 1.08. The maximum atomic E-state index is 12.7. The summed E-state index contributed by atoms with van der Waals surface area (Å²) in [5.74, 6) is 0.330. The zero-order valence-electron chi connectivity index (χ0n) is 7.75. The molecule has 0 bridgehead atoms. The third-order valence-electron chi connectivity index (χ3n) is 2.57. The first-order chi connectivity index (χ1) is 6.77. The van der Waals surface area contributed by atoms with Gasteiger partial charge in [-0.05, 0) is 24.1 Å². The van der Waals surface area contributed by atoms with Gasteiger partial charge in [0.15, 0.2) is 0 Å². The Bertz CT molecular complexity index is 293. The Kier molecular flexibility index (Phi) is 3.19. The summed E-state index contributed by atoms with van der Waals surface area (Å²) in [4.78, 5) is 0.283. The smallest absolute Gasteiger partial charge is 0.123 e. The van der Waals surface area contributed by atoms with Gasteiger partial charge >= 0.3 is 0 Å². The second kappa shape index (κ2) is 4.41. The van der Waals surface area contributed by atoms with Crippen LogP contribution in [0.25, 0.3) is 0 Å². The Labute approximate surface area is 91.4 Å². The van der Waals surface area contributed by atoms with Crippen LogP contribution in [0.15, 0.2) is 24.3 Å². The second-order valence-electron chi connectivity index (χ2n) is 3.58. The van der Waals surface area contributed by atoms with Gasteiger partial charge in [-0.1, -0.05) is 28.1 Å². The topological polar surface area (TPSA) is 9.23 Å². The first-order valence-corrected chi connectivity index (χ1v) is 5.66. The summed E-state index contributed by atoms with van der Waals surface area (Å²) in [5, 5.41) is 0. The first-order valence-electron chi connectivity index (χ1n) is 4.74. The van der Waals surface area contributed by atoms with Gasteiger partial charge in [0.2, 0.25) is 0 Å². The van der Waals surface area contributed by atoms with Crippen molar-refractivity contribution in [3.8, 4) is 0 Å². The molecule has 0 aromatic heterocycles. The van der Waals surface area contributed by atoms with Crippen LogP contribution in [0.1, 0.15) is 16.8 Å². The molecule has 0 spiro atoms. The first kappa shape index (κ1) is 10.1. The molecule has 1 aromatic rings. The number of benzene rings is 1. The molecular formula is C11H12BrFO. The van der Waals surface area contributed by atoms with E-state index in [9.17, 15) is 4.39 Å². The van der Waals surface area contributed by atoms with Crippen molar-refractivity contribution in [3.63, 3.8) is 0 Å². The Morgan fingerprint density at radius 3 is 2.64 bits per heavy atom. The predicted molar refractivity (Wildman–Crippen MR) is 57.0 cm³/mol. The highest BCUT2D eigenvalue weighted by atomic mass is 79.9. The normalized spacial score (nSPS) is 23.7. The van der Waals surface area contributed by atoms with Crippen LogP contribution in [0, 0.1) is 11.7 Å². The monoisotopic (exact) mass is 258 g/mol. The zero-order valence-corrected chi connectivity index (χ0v) is 9.34. The lowest BCUT2D eigenvalue weighted by Gasteiger charge is -2.15. The summed E-state index contributed by atoms with van der Waals surface area (Å²) in [5.41, 5.74) is 1.13. The number of ether oxygens (including phenoxy) is 1. The maximum absolute atomic E-state index is 12.7. The van der Waals surface area contributed by atoms with Crippen molar-refractivity contribution in [2.24, 2.45) is 5.92 Å². The number of hydrogen-bond acceptors (Lipinski definition) is 1. The van der Waals surface area contributed by atoms with E-state index in [-0.39, 0.29) is 10.6 Å². The zero-order chi connectivity index (χ0) is 9.97. The lowest BCUT2D eigenvalue weighted by Crippen LogP contribution is -2.07. The van der Waals surface area contributed by atoms with Crippen LogP contribution in [0.4, 0.5) is 4.39 Å². The van der Waals surface area contributed by atoms with Gasteiger partial charge in [-0.25, -0.2) is 4.39 Å². The van der Waals surface area contributed by atoms with Gasteiger partial charge in [-0.15, -0.1) is 0 Å². The molecule has 0 radical (unpaired) electrons. The quantitative estimate of drug-likeness (QED) is 0.740. The van der Waals surface area contributed by atoms with E-state index < -0.39 is 0 Å². The van der Waals surface area contributed by atoms with E-state index in [1.807, 2.05) is 12.1 Å². The van der Waals surface area contributed by atoms with Crippen LogP contribution in [0.2, 0.25) is 0 Å². The fraction of sp³-hybridized carbons (Fsp3) is 0.455. The van der Waals surface area contributed by atoms with Crippen molar-refractivity contribution in [3.05, 3.63) is 35.6 Å². The molecule has 0 N–H and O–H groups in total. The summed E-state index contributed by atoms with van der Waals surface area (Å²) >= 11 is 3.63. The Morgan fingerprint density at radius 1 is 1.36 bits per heavy atom. The van der Waals surface area contributed by atoms with E-state index in [1.54, 1.807) is 0 Å². The van der Waals surface area contributed by atoms with Crippen molar-refractivity contribution < 1.29 is 9.13 Å². The van der Waals surface area contributed by atoms with Crippen LogP contribution in [0.5, 0.6) is 0 Å². The van der Waals surface area contributed by atoms with Crippen LogP contribution in [-0.4, -0.2) is 13.2 Å². The molecule has 76 valence electrons. The van der Waals surface area contributed by atoms with Crippen molar-refractivity contribution in [1.82, 2.24) is 0 Å². The standard InChI is InChI=1S/C11H12BrFO/c12-11(9-5-6-14-7-9)8-1-3-10(13)4-2-8/h1-4,9,11H,5-7H2. The Hall–Kier alpha value is -0.410. The summed E-state index contributed by atoms with van der Waals surface area (Å²) in [6.45, 7) is 1.64. The fourth-order valence-electron chi connectivity index (χ4n) is 1.70. The number of rotatable bonds is 2. The van der Waals surface area contributed by atoms with Crippen molar-refractivity contribution in [1.29, 1.82) is 0 Å². The third kappa shape index (κ3) is 2.15. The molecule has 1 aliphatic heterocycles. The van der Waals surface area contributed by atoms with E-state index in [4.69, 9.17) is 4.74 Å². The van der Waals surface area contributed by atoms with Crippen molar-refractivity contribution >= 4 is 15.9 Å². The molecular weight excluding hydrogens is 247 g/mol. The fourth-order valence-corrected chi connectivity index (χ4v) is 2.42. The van der Waals surface area contributed by atoms with Crippen LogP contribution < -0.4 is 0 Å². The molecule has 2 unspecified atom stereocenters. The van der Waals surface area contributed by atoms with E-state index >= 15 is 0 Å². The highest BCUT2D eigenvalue weighted by Crippen LogP contribution is 2.35. The molecule has 0 amide bonds. The lowest BCUT2D eigenvalue weighted by atomic mass is 9.99. The molecule has 3 heteroatoms. The lowest BCUT2D eigenvalue weighted by molar-refractivity contribution is 0.185. The molecule has 0 saturated carbocycles. The molecule has 1 aliphatic rings. The molecule has 2 atom stereocenters. The van der Waals surface area contributed by atoms with E-state index in [0.717, 1.165) is 25.2 Å².